The minimum atomic E-state index is -0.929. The zero-order chi connectivity index (χ0) is 23.8. The zero-order valence-corrected chi connectivity index (χ0v) is 18.5. The number of rotatable bonds is 4. The van der Waals surface area contributed by atoms with E-state index in [1.807, 2.05) is 0 Å². The number of halogens is 1. The molecular weight excluding hydrogens is 437 g/mol. The number of nitrogens with zero attached hydrogens (tertiary/aromatic N) is 1. The molecule has 0 aliphatic carbocycles. The number of hydrogen-bond donors (Lipinski definition) is 1. The number of aryl methyl sites for hydroxylation is 1. The SMILES string of the molecule is COc1ccc(N2C(=O)C(=O)/C(=C(\O)c3ccc4c(c3)CCCO4)C2c2ccc(F)cc2)cc1. The molecule has 172 valence electrons. The average molecular weight is 459 g/mol. The summed E-state index contributed by atoms with van der Waals surface area (Å²) in [6, 6.07) is 16.5. The van der Waals surface area contributed by atoms with Gasteiger partial charge < -0.3 is 14.6 Å². The second kappa shape index (κ2) is 8.67. The number of aliphatic hydroxyl groups excluding tert-OH is 1. The van der Waals surface area contributed by atoms with Crippen molar-refractivity contribution in [2.24, 2.45) is 0 Å². The molecule has 6 nitrogen and oxygen atoms in total. The van der Waals surface area contributed by atoms with Crippen molar-refractivity contribution in [2.75, 3.05) is 18.6 Å². The number of ketones is 1. The summed E-state index contributed by atoms with van der Waals surface area (Å²) >= 11 is 0. The first-order valence-corrected chi connectivity index (χ1v) is 10.9. The third kappa shape index (κ3) is 3.69. The van der Waals surface area contributed by atoms with Crippen LogP contribution < -0.4 is 14.4 Å². The van der Waals surface area contributed by atoms with E-state index in [4.69, 9.17) is 9.47 Å². The van der Waals surface area contributed by atoms with Crippen LogP contribution in [0.1, 0.15) is 29.2 Å². The Bertz CT molecular complexity index is 1300. The van der Waals surface area contributed by atoms with Gasteiger partial charge in [0.05, 0.1) is 25.3 Å². The highest BCUT2D eigenvalue weighted by atomic mass is 19.1. The molecule has 1 amide bonds. The van der Waals surface area contributed by atoms with Gasteiger partial charge in [-0.1, -0.05) is 12.1 Å². The van der Waals surface area contributed by atoms with E-state index in [1.54, 1.807) is 42.5 Å². The Morgan fingerprint density at radius 3 is 2.50 bits per heavy atom. The van der Waals surface area contributed by atoms with Crippen molar-refractivity contribution in [1.29, 1.82) is 0 Å². The summed E-state index contributed by atoms with van der Waals surface area (Å²) in [5, 5.41) is 11.3. The number of fused-ring (bicyclic) bond motifs is 1. The largest absolute Gasteiger partial charge is 0.507 e. The fraction of sp³-hybridized carbons (Fsp3) is 0.185. The second-order valence-electron chi connectivity index (χ2n) is 8.19. The summed E-state index contributed by atoms with van der Waals surface area (Å²) < 4.78 is 24.5. The molecule has 1 saturated heterocycles. The van der Waals surface area contributed by atoms with Crippen molar-refractivity contribution in [3.8, 4) is 11.5 Å². The molecule has 2 heterocycles. The topological polar surface area (TPSA) is 76.1 Å². The Morgan fingerprint density at radius 2 is 1.79 bits per heavy atom. The summed E-state index contributed by atoms with van der Waals surface area (Å²) in [4.78, 5) is 27.8. The quantitative estimate of drug-likeness (QED) is 0.345. The normalized spacial score (nSPS) is 19.0. The zero-order valence-electron chi connectivity index (χ0n) is 18.5. The highest BCUT2D eigenvalue weighted by Crippen LogP contribution is 2.43. The van der Waals surface area contributed by atoms with Crippen LogP contribution in [0.2, 0.25) is 0 Å². The molecule has 1 unspecified atom stereocenters. The van der Waals surface area contributed by atoms with Crippen molar-refractivity contribution in [1.82, 2.24) is 0 Å². The van der Waals surface area contributed by atoms with E-state index in [0.29, 0.717) is 29.2 Å². The third-order valence-corrected chi connectivity index (χ3v) is 6.16. The number of carbonyl (C=O) groups excluding carboxylic acids is 2. The smallest absolute Gasteiger partial charge is 0.300 e. The lowest BCUT2D eigenvalue weighted by atomic mass is 9.94. The summed E-state index contributed by atoms with van der Waals surface area (Å²) in [5.74, 6) is -0.970. The number of benzene rings is 3. The van der Waals surface area contributed by atoms with Gasteiger partial charge in [-0.15, -0.1) is 0 Å². The number of aliphatic hydroxyl groups is 1. The molecule has 3 aromatic carbocycles. The molecule has 7 heteroatoms. The lowest BCUT2D eigenvalue weighted by molar-refractivity contribution is -0.132. The van der Waals surface area contributed by atoms with Gasteiger partial charge in [-0.25, -0.2) is 4.39 Å². The lowest BCUT2D eigenvalue weighted by Crippen LogP contribution is -2.29. The Hall–Kier alpha value is -4.13. The maximum absolute atomic E-state index is 13.7. The first-order chi connectivity index (χ1) is 16.5. The van der Waals surface area contributed by atoms with Crippen molar-refractivity contribution in [3.05, 3.63) is 94.8 Å². The standard InChI is InChI=1S/C27H22FNO5/c1-33-21-11-9-20(10-12-21)29-24(16-4-7-19(28)8-5-16)23(26(31)27(29)32)25(30)18-6-13-22-17(15-18)3-2-14-34-22/h4-13,15,24,30H,2-3,14H2,1H3/b25-23-. The van der Waals surface area contributed by atoms with Gasteiger partial charge in [0.25, 0.3) is 11.7 Å². The van der Waals surface area contributed by atoms with Crippen LogP contribution in [-0.4, -0.2) is 30.5 Å². The molecule has 1 N–H and O–H groups in total. The van der Waals surface area contributed by atoms with Crippen LogP contribution in [0.3, 0.4) is 0 Å². The van der Waals surface area contributed by atoms with Crippen LogP contribution in [0.25, 0.3) is 5.76 Å². The maximum atomic E-state index is 13.7. The molecule has 0 saturated carbocycles. The van der Waals surface area contributed by atoms with Crippen LogP contribution >= 0.6 is 0 Å². The lowest BCUT2D eigenvalue weighted by Gasteiger charge is -2.25. The van der Waals surface area contributed by atoms with Gasteiger partial charge in [0.15, 0.2) is 0 Å². The van der Waals surface area contributed by atoms with E-state index in [1.165, 1.54) is 36.3 Å². The Kier molecular flexibility index (Phi) is 5.53. The Labute approximate surface area is 195 Å². The molecule has 1 atom stereocenters. The monoisotopic (exact) mass is 459 g/mol. The second-order valence-corrected chi connectivity index (χ2v) is 8.19. The number of carbonyl (C=O) groups is 2. The molecule has 0 radical (unpaired) electrons. The van der Waals surface area contributed by atoms with Gasteiger partial charge in [-0.2, -0.15) is 0 Å². The van der Waals surface area contributed by atoms with E-state index in [2.05, 4.69) is 0 Å². The fourth-order valence-electron chi connectivity index (χ4n) is 4.47. The van der Waals surface area contributed by atoms with Gasteiger partial charge in [-0.3, -0.25) is 14.5 Å². The molecule has 0 spiro atoms. The van der Waals surface area contributed by atoms with Gasteiger partial charge in [-0.05, 0) is 78.6 Å². The number of Topliss-reactive ketones (excluding diaryl/α,β-unsaturated/α-hetero) is 1. The molecule has 0 bridgehead atoms. The molecule has 34 heavy (non-hydrogen) atoms. The van der Waals surface area contributed by atoms with Crippen LogP contribution in [0, 0.1) is 5.82 Å². The Balaban J connectivity index is 1.67. The first kappa shape index (κ1) is 21.7. The van der Waals surface area contributed by atoms with Crippen LogP contribution in [0.15, 0.2) is 72.3 Å². The highest BCUT2D eigenvalue weighted by molar-refractivity contribution is 6.51. The summed E-state index contributed by atoms with van der Waals surface area (Å²) in [5.41, 5.74) is 2.25. The van der Waals surface area contributed by atoms with E-state index < -0.39 is 23.5 Å². The predicted molar refractivity (Wildman–Crippen MR) is 124 cm³/mol. The minimum absolute atomic E-state index is 0.0518. The van der Waals surface area contributed by atoms with Gasteiger partial charge in [0.1, 0.15) is 23.1 Å². The number of anilines is 1. The van der Waals surface area contributed by atoms with Crippen LogP contribution in [0.5, 0.6) is 11.5 Å². The van der Waals surface area contributed by atoms with Crippen molar-refractivity contribution in [3.63, 3.8) is 0 Å². The molecule has 0 aromatic heterocycles. The average Bonchev–Trinajstić information content (AvgIpc) is 3.14. The molecule has 1 fully saturated rings. The highest BCUT2D eigenvalue weighted by Gasteiger charge is 2.47. The fourth-order valence-corrected chi connectivity index (χ4v) is 4.47. The van der Waals surface area contributed by atoms with E-state index in [-0.39, 0.29) is 11.3 Å². The minimum Gasteiger partial charge on any atom is -0.507 e. The van der Waals surface area contributed by atoms with Crippen molar-refractivity contribution in [2.45, 2.75) is 18.9 Å². The van der Waals surface area contributed by atoms with Crippen LogP contribution in [-0.2, 0) is 16.0 Å². The summed E-state index contributed by atoms with van der Waals surface area (Å²) in [6.07, 6.45) is 1.65. The molecule has 5 rings (SSSR count). The van der Waals surface area contributed by atoms with Crippen molar-refractivity contribution < 1.29 is 28.6 Å². The summed E-state index contributed by atoms with van der Waals surface area (Å²) in [7, 11) is 1.53. The van der Waals surface area contributed by atoms with Gasteiger partial charge in [0, 0.05) is 11.3 Å². The first-order valence-electron chi connectivity index (χ1n) is 10.9. The van der Waals surface area contributed by atoms with E-state index in [9.17, 15) is 19.1 Å². The Morgan fingerprint density at radius 1 is 1.06 bits per heavy atom. The number of amides is 1. The van der Waals surface area contributed by atoms with Gasteiger partial charge >= 0.3 is 0 Å². The molecule has 2 aliphatic heterocycles. The number of hydrogen-bond acceptors (Lipinski definition) is 5. The van der Waals surface area contributed by atoms with Crippen LogP contribution in [0.4, 0.5) is 10.1 Å². The van der Waals surface area contributed by atoms with Gasteiger partial charge in [0.2, 0.25) is 0 Å². The van der Waals surface area contributed by atoms with Crippen molar-refractivity contribution >= 4 is 23.1 Å². The molecule has 2 aliphatic rings. The number of methoxy groups -OCH3 is 1. The molecule has 3 aromatic rings. The predicted octanol–water partition coefficient (Wildman–Crippen LogP) is 4.79. The third-order valence-electron chi connectivity index (χ3n) is 6.16. The summed E-state index contributed by atoms with van der Waals surface area (Å²) in [6.45, 7) is 0.635. The maximum Gasteiger partial charge on any atom is 0.300 e. The number of ether oxygens (including phenoxy) is 2. The van der Waals surface area contributed by atoms with E-state index >= 15 is 0 Å². The van der Waals surface area contributed by atoms with E-state index in [0.717, 1.165) is 24.2 Å². The molecular formula is C27H22FNO5.